The fourth-order valence-corrected chi connectivity index (χ4v) is 9.59. The largest absolute Gasteiger partial charge is 0.481 e. The van der Waals surface area contributed by atoms with Crippen molar-refractivity contribution in [1.82, 2.24) is 9.88 Å². The Morgan fingerprint density at radius 3 is 2.59 bits per heavy atom. The molecule has 2 aliphatic heterocycles. The van der Waals surface area contributed by atoms with Gasteiger partial charge >= 0.3 is 10.8 Å². The third kappa shape index (κ3) is 3.32. The molecule has 7 nitrogen and oxygen atoms in total. The van der Waals surface area contributed by atoms with E-state index in [4.69, 9.17) is 5.11 Å². The lowest BCUT2D eigenvalue weighted by molar-refractivity contribution is -0.142. The molecule has 2 aliphatic carbocycles. The van der Waals surface area contributed by atoms with Crippen LogP contribution in [0.5, 0.6) is 0 Å². The Labute approximate surface area is 204 Å². The minimum absolute atomic E-state index is 0.0188. The average molecular weight is 497 g/mol. The molecule has 3 heterocycles. The van der Waals surface area contributed by atoms with Crippen LogP contribution >= 0.6 is 23.1 Å². The molecule has 34 heavy (non-hydrogen) atoms. The highest BCUT2D eigenvalue weighted by Gasteiger charge is 2.69. The van der Waals surface area contributed by atoms with Crippen LogP contribution in [0.1, 0.15) is 35.6 Å². The van der Waals surface area contributed by atoms with Crippen LogP contribution in [0.3, 0.4) is 0 Å². The molecule has 1 saturated heterocycles. The Hall–Kier alpha value is -2.65. The van der Waals surface area contributed by atoms with Crippen LogP contribution in [0, 0.1) is 29.6 Å². The zero-order valence-electron chi connectivity index (χ0n) is 18.3. The number of thiazole rings is 1. The van der Waals surface area contributed by atoms with E-state index in [1.54, 1.807) is 11.8 Å². The number of carboxylic acids is 1. The number of carbonyl (C=O) groups excluding carboxylic acids is 2. The first-order valence-corrected chi connectivity index (χ1v) is 13.3. The van der Waals surface area contributed by atoms with Crippen LogP contribution in [0.15, 0.2) is 46.2 Å². The van der Waals surface area contributed by atoms with Crippen molar-refractivity contribution in [3.63, 3.8) is 0 Å². The number of thioether (sulfide) groups is 1. The van der Waals surface area contributed by atoms with Gasteiger partial charge in [-0.05, 0) is 36.2 Å². The Bertz CT molecular complexity index is 1250. The highest BCUT2D eigenvalue weighted by Crippen LogP contribution is 2.67. The maximum Gasteiger partial charge on any atom is 0.305 e. The summed E-state index contributed by atoms with van der Waals surface area (Å²) in [6.45, 7) is 0.177. The molecule has 1 aromatic carbocycles. The van der Waals surface area contributed by atoms with Crippen LogP contribution in [0.2, 0.25) is 0 Å². The highest BCUT2D eigenvalue weighted by molar-refractivity contribution is 8.00. The maximum atomic E-state index is 13.4. The zero-order chi connectivity index (χ0) is 23.6. The number of aliphatic carboxylic acids is 1. The summed E-state index contributed by atoms with van der Waals surface area (Å²) < 4.78 is 0. The van der Waals surface area contributed by atoms with Crippen molar-refractivity contribution in [3.05, 3.63) is 56.5 Å². The van der Waals surface area contributed by atoms with Crippen LogP contribution in [0.25, 0.3) is 6.08 Å². The SMILES string of the molecule is O=C(O)CCCN1C(=O)[C@@H]2[C@H]3C[C@@H]([C@@H]2C1=O)[C@H]1[C@H]3Sc2[nH]c(=O)sc2[C@@H]1/C=C/c1ccccc1. The molecule has 9 heteroatoms. The third-order valence-electron chi connectivity index (χ3n) is 7.93. The van der Waals surface area contributed by atoms with Crippen molar-refractivity contribution < 1.29 is 19.5 Å². The summed E-state index contributed by atoms with van der Waals surface area (Å²) in [5.74, 6) is -1.44. The summed E-state index contributed by atoms with van der Waals surface area (Å²) in [6, 6.07) is 10.0. The molecule has 6 rings (SSSR count). The van der Waals surface area contributed by atoms with Crippen molar-refractivity contribution >= 4 is 47.0 Å². The molecule has 4 aliphatic rings. The first kappa shape index (κ1) is 21.9. The fourth-order valence-electron chi connectivity index (χ4n) is 6.73. The number of rotatable bonds is 6. The topological polar surface area (TPSA) is 108 Å². The van der Waals surface area contributed by atoms with Crippen LogP contribution in [-0.4, -0.2) is 44.6 Å². The molecular weight excluding hydrogens is 472 g/mol. The molecule has 0 radical (unpaired) electrons. The molecule has 0 spiro atoms. The number of hydrogen-bond acceptors (Lipinski definition) is 6. The lowest BCUT2D eigenvalue weighted by atomic mass is 9.69. The van der Waals surface area contributed by atoms with Gasteiger partial charge in [0.05, 0.1) is 16.9 Å². The summed E-state index contributed by atoms with van der Waals surface area (Å²) in [6.07, 6.45) is 5.35. The number of hydrogen-bond donors (Lipinski definition) is 2. The number of aromatic nitrogens is 1. The van der Waals surface area contributed by atoms with E-state index in [0.717, 1.165) is 21.9 Å². The van der Waals surface area contributed by atoms with E-state index in [9.17, 15) is 19.2 Å². The second-order valence-electron chi connectivity index (χ2n) is 9.60. The zero-order valence-corrected chi connectivity index (χ0v) is 19.9. The molecule has 2 N–H and O–H groups in total. The number of allylic oxidation sites excluding steroid dienone is 1. The number of carboxylic acid groups (broad SMARTS) is 1. The molecule has 3 fully saturated rings. The summed E-state index contributed by atoms with van der Waals surface area (Å²) >= 11 is 2.92. The minimum Gasteiger partial charge on any atom is -0.481 e. The van der Waals surface area contributed by atoms with Gasteiger partial charge in [0.25, 0.3) is 0 Å². The van der Waals surface area contributed by atoms with Crippen molar-refractivity contribution in [2.45, 2.75) is 35.5 Å². The fraction of sp³-hybridized carbons (Fsp3) is 0.440. The number of benzene rings is 1. The van der Waals surface area contributed by atoms with Crippen molar-refractivity contribution in [2.75, 3.05) is 6.54 Å². The molecular formula is C25H24N2O5S2. The quantitative estimate of drug-likeness (QED) is 0.594. The molecule has 2 saturated carbocycles. The van der Waals surface area contributed by atoms with Gasteiger partial charge in [0.1, 0.15) is 0 Å². The second kappa shape index (κ2) is 8.23. The molecule has 2 amide bonds. The lowest BCUT2D eigenvalue weighted by Gasteiger charge is -2.41. The van der Waals surface area contributed by atoms with Gasteiger partial charge in [0.2, 0.25) is 11.8 Å². The van der Waals surface area contributed by atoms with Gasteiger partial charge in [-0.1, -0.05) is 53.8 Å². The van der Waals surface area contributed by atoms with E-state index in [-0.39, 0.29) is 76.8 Å². The number of aromatic amines is 1. The van der Waals surface area contributed by atoms with Gasteiger partial charge in [0, 0.05) is 29.0 Å². The standard InChI is InChI=1S/C25H24N2O5S2/c28-16(29)7-4-10-27-23(30)18-14-11-15(19(18)24(27)31)20-17(14)13(9-8-12-5-2-1-3-6-12)21-22(33-20)26-25(32)34-21/h1-3,5-6,8-9,13-15,17-20H,4,7,10-11H2,(H,26,32)(H,28,29)/b9-8+/t13-,14-,15-,17+,18+,19-,20+/m1/s1. The number of nitrogens with zero attached hydrogens (tertiary/aromatic N) is 1. The summed E-state index contributed by atoms with van der Waals surface area (Å²) in [4.78, 5) is 55.0. The average Bonchev–Trinajstić information content (AvgIpc) is 3.54. The summed E-state index contributed by atoms with van der Waals surface area (Å²) in [5.41, 5.74) is 1.08. The van der Waals surface area contributed by atoms with Gasteiger partial charge in [-0.25, -0.2) is 0 Å². The molecule has 2 aromatic rings. The molecule has 1 aromatic heterocycles. The summed E-state index contributed by atoms with van der Waals surface area (Å²) in [7, 11) is 0. The number of likely N-dealkylation sites (tertiary alicyclic amines) is 1. The van der Waals surface area contributed by atoms with E-state index >= 15 is 0 Å². The molecule has 7 atom stereocenters. The van der Waals surface area contributed by atoms with Gasteiger partial charge < -0.3 is 10.1 Å². The summed E-state index contributed by atoms with van der Waals surface area (Å²) in [5, 5.41) is 10.0. The van der Waals surface area contributed by atoms with E-state index in [1.807, 2.05) is 30.3 Å². The van der Waals surface area contributed by atoms with E-state index < -0.39 is 5.97 Å². The van der Waals surface area contributed by atoms with E-state index in [0.29, 0.717) is 0 Å². The number of H-pyrrole nitrogens is 1. The highest BCUT2D eigenvalue weighted by atomic mass is 32.2. The van der Waals surface area contributed by atoms with Gasteiger partial charge in [-0.2, -0.15) is 0 Å². The van der Waals surface area contributed by atoms with Gasteiger partial charge in [-0.15, -0.1) is 11.8 Å². The van der Waals surface area contributed by atoms with Crippen LogP contribution in [0.4, 0.5) is 0 Å². The predicted molar refractivity (Wildman–Crippen MR) is 128 cm³/mol. The number of fused-ring (bicyclic) bond motifs is 9. The number of imide groups is 1. The van der Waals surface area contributed by atoms with Crippen LogP contribution in [-0.2, 0) is 14.4 Å². The van der Waals surface area contributed by atoms with Gasteiger partial charge in [-0.3, -0.25) is 24.1 Å². The smallest absolute Gasteiger partial charge is 0.305 e. The number of carbonyl (C=O) groups is 3. The van der Waals surface area contributed by atoms with Crippen molar-refractivity contribution in [3.8, 4) is 0 Å². The number of nitrogens with one attached hydrogen (secondary N) is 1. The lowest BCUT2D eigenvalue weighted by Crippen LogP contribution is -2.42. The van der Waals surface area contributed by atoms with E-state index in [1.165, 1.54) is 16.2 Å². The molecule has 2 bridgehead atoms. The third-order valence-corrected chi connectivity index (χ3v) is 10.5. The van der Waals surface area contributed by atoms with E-state index in [2.05, 4.69) is 17.1 Å². The Balaban J connectivity index is 1.33. The molecule has 0 unspecified atom stereocenters. The minimum atomic E-state index is -0.921. The Morgan fingerprint density at radius 1 is 1.12 bits per heavy atom. The second-order valence-corrected chi connectivity index (χ2v) is 11.8. The van der Waals surface area contributed by atoms with Gasteiger partial charge in [0.15, 0.2) is 0 Å². The maximum absolute atomic E-state index is 13.4. The van der Waals surface area contributed by atoms with Crippen molar-refractivity contribution in [2.24, 2.45) is 29.6 Å². The van der Waals surface area contributed by atoms with Crippen molar-refractivity contribution in [1.29, 1.82) is 0 Å². The number of amides is 2. The molecule has 176 valence electrons. The Morgan fingerprint density at radius 2 is 1.85 bits per heavy atom. The first-order chi connectivity index (χ1) is 16.4. The Kier molecular flexibility index (Phi) is 5.29. The predicted octanol–water partition coefficient (Wildman–Crippen LogP) is 3.44. The first-order valence-electron chi connectivity index (χ1n) is 11.6. The monoisotopic (exact) mass is 496 g/mol. The van der Waals surface area contributed by atoms with Crippen LogP contribution < -0.4 is 4.87 Å². The normalized spacial score (nSPS) is 33.4.